The standard InChI is InChI=1S/C12H22N2O4S/c13-11-4-1-3-9-7-14(8-10(9)11)19(17,18)6-2-5-12(15)16/h9-11H,1-8,13H2,(H,15,16). The monoisotopic (exact) mass is 290 g/mol. The average Bonchev–Trinajstić information content (AvgIpc) is 2.74. The molecule has 2 fully saturated rings. The number of hydrogen-bond acceptors (Lipinski definition) is 4. The third-order valence-corrected chi connectivity index (χ3v) is 6.20. The number of carboxylic acids is 1. The van der Waals surface area contributed by atoms with Crippen LogP contribution in [0.3, 0.4) is 0 Å². The van der Waals surface area contributed by atoms with Gasteiger partial charge in [-0.25, -0.2) is 12.7 Å². The summed E-state index contributed by atoms with van der Waals surface area (Å²) in [6.07, 6.45) is 3.19. The molecule has 2 aliphatic rings. The van der Waals surface area contributed by atoms with Gasteiger partial charge in [-0.1, -0.05) is 6.42 Å². The zero-order valence-corrected chi connectivity index (χ0v) is 11.8. The number of nitrogens with zero attached hydrogens (tertiary/aromatic N) is 1. The van der Waals surface area contributed by atoms with Crippen LogP contribution in [0.5, 0.6) is 0 Å². The Morgan fingerprint density at radius 1 is 1.32 bits per heavy atom. The molecule has 0 amide bonds. The Hall–Kier alpha value is -0.660. The van der Waals surface area contributed by atoms with Gasteiger partial charge >= 0.3 is 5.97 Å². The first-order chi connectivity index (χ1) is 8.90. The van der Waals surface area contributed by atoms with Gasteiger partial charge in [0.05, 0.1) is 5.75 Å². The van der Waals surface area contributed by atoms with Crippen molar-refractivity contribution in [1.29, 1.82) is 0 Å². The minimum absolute atomic E-state index is 0.0754. The van der Waals surface area contributed by atoms with E-state index in [9.17, 15) is 13.2 Å². The van der Waals surface area contributed by atoms with Crippen LogP contribution in [0.15, 0.2) is 0 Å². The largest absolute Gasteiger partial charge is 0.481 e. The molecular formula is C12H22N2O4S. The molecule has 0 aromatic heterocycles. The first kappa shape index (κ1) is 14.7. The van der Waals surface area contributed by atoms with E-state index in [1.165, 1.54) is 4.31 Å². The Balaban J connectivity index is 1.93. The SMILES string of the molecule is NC1CCCC2CN(S(=O)(=O)CCCC(=O)O)CC12. The van der Waals surface area contributed by atoms with Gasteiger partial charge in [0.2, 0.25) is 10.0 Å². The highest BCUT2D eigenvalue weighted by Gasteiger charge is 2.42. The van der Waals surface area contributed by atoms with E-state index in [1.807, 2.05) is 0 Å². The molecule has 1 aliphatic heterocycles. The van der Waals surface area contributed by atoms with Crippen LogP contribution in [0, 0.1) is 11.8 Å². The van der Waals surface area contributed by atoms with E-state index in [-0.39, 0.29) is 30.6 Å². The summed E-state index contributed by atoms with van der Waals surface area (Å²) in [5.41, 5.74) is 6.07. The van der Waals surface area contributed by atoms with Crippen molar-refractivity contribution in [2.45, 2.75) is 38.1 Å². The van der Waals surface area contributed by atoms with E-state index in [0.717, 1.165) is 19.3 Å². The van der Waals surface area contributed by atoms with Crippen molar-refractivity contribution < 1.29 is 18.3 Å². The molecule has 0 bridgehead atoms. The lowest BCUT2D eigenvalue weighted by molar-refractivity contribution is -0.137. The summed E-state index contributed by atoms with van der Waals surface area (Å²) < 4.78 is 25.8. The van der Waals surface area contributed by atoms with Crippen LogP contribution < -0.4 is 5.73 Å². The number of rotatable bonds is 5. The van der Waals surface area contributed by atoms with Gasteiger partial charge in [-0.3, -0.25) is 4.79 Å². The van der Waals surface area contributed by atoms with E-state index >= 15 is 0 Å². The Labute approximate surface area is 114 Å². The normalized spacial score (nSPS) is 32.2. The number of carboxylic acid groups (broad SMARTS) is 1. The van der Waals surface area contributed by atoms with Gasteiger partial charge in [0.15, 0.2) is 0 Å². The van der Waals surface area contributed by atoms with Gasteiger partial charge in [0, 0.05) is 25.6 Å². The highest BCUT2D eigenvalue weighted by atomic mass is 32.2. The van der Waals surface area contributed by atoms with E-state index in [1.54, 1.807) is 0 Å². The van der Waals surface area contributed by atoms with E-state index in [4.69, 9.17) is 10.8 Å². The molecule has 110 valence electrons. The van der Waals surface area contributed by atoms with Gasteiger partial charge in [-0.2, -0.15) is 0 Å². The average molecular weight is 290 g/mol. The van der Waals surface area contributed by atoms with Gasteiger partial charge in [0.25, 0.3) is 0 Å². The maximum atomic E-state index is 12.2. The molecule has 0 aromatic carbocycles. The maximum Gasteiger partial charge on any atom is 0.303 e. The van der Waals surface area contributed by atoms with Crippen molar-refractivity contribution in [2.75, 3.05) is 18.8 Å². The lowest BCUT2D eigenvalue weighted by atomic mass is 9.78. The molecular weight excluding hydrogens is 268 g/mol. The molecule has 1 heterocycles. The number of hydrogen-bond donors (Lipinski definition) is 2. The van der Waals surface area contributed by atoms with Crippen LogP contribution in [0.1, 0.15) is 32.1 Å². The van der Waals surface area contributed by atoms with E-state index in [0.29, 0.717) is 19.0 Å². The molecule has 6 nitrogen and oxygen atoms in total. The van der Waals surface area contributed by atoms with Gasteiger partial charge < -0.3 is 10.8 Å². The number of carbonyl (C=O) groups is 1. The van der Waals surface area contributed by atoms with Crippen molar-refractivity contribution in [2.24, 2.45) is 17.6 Å². The van der Waals surface area contributed by atoms with Gasteiger partial charge in [-0.15, -0.1) is 0 Å². The van der Waals surface area contributed by atoms with Crippen LogP contribution in [0.4, 0.5) is 0 Å². The Kier molecular flexibility index (Phi) is 4.47. The maximum absolute atomic E-state index is 12.2. The zero-order valence-electron chi connectivity index (χ0n) is 11.0. The van der Waals surface area contributed by atoms with Crippen LogP contribution in [-0.4, -0.2) is 48.7 Å². The highest BCUT2D eigenvalue weighted by molar-refractivity contribution is 7.89. The minimum atomic E-state index is -3.32. The van der Waals surface area contributed by atoms with Crippen molar-refractivity contribution in [1.82, 2.24) is 4.31 Å². The molecule has 0 radical (unpaired) electrons. The van der Waals surface area contributed by atoms with Gasteiger partial charge in [-0.05, 0) is 31.1 Å². The summed E-state index contributed by atoms with van der Waals surface area (Å²) in [5, 5.41) is 8.55. The fraction of sp³-hybridized carbons (Fsp3) is 0.917. The zero-order chi connectivity index (χ0) is 14.0. The summed E-state index contributed by atoms with van der Waals surface area (Å²) in [6.45, 7) is 1.08. The summed E-state index contributed by atoms with van der Waals surface area (Å²) in [7, 11) is -3.32. The minimum Gasteiger partial charge on any atom is -0.481 e. The predicted molar refractivity (Wildman–Crippen MR) is 71.0 cm³/mol. The Morgan fingerprint density at radius 2 is 2.05 bits per heavy atom. The fourth-order valence-electron chi connectivity index (χ4n) is 3.24. The summed E-state index contributed by atoms with van der Waals surface area (Å²) in [5.74, 6) is -0.359. The third kappa shape index (κ3) is 3.46. The fourth-order valence-corrected chi connectivity index (χ4v) is 4.82. The van der Waals surface area contributed by atoms with Crippen molar-refractivity contribution >= 4 is 16.0 Å². The summed E-state index contributed by atoms with van der Waals surface area (Å²) >= 11 is 0. The topological polar surface area (TPSA) is 101 Å². The van der Waals surface area contributed by atoms with E-state index in [2.05, 4.69) is 0 Å². The number of nitrogens with two attached hydrogens (primary N) is 1. The molecule has 3 atom stereocenters. The smallest absolute Gasteiger partial charge is 0.303 e. The van der Waals surface area contributed by atoms with Crippen LogP contribution in [0.25, 0.3) is 0 Å². The first-order valence-electron chi connectivity index (χ1n) is 6.85. The van der Waals surface area contributed by atoms with Crippen molar-refractivity contribution in [3.63, 3.8) is 0 Å². The van der Waals surface area contributed by atoms with Crippen molar-refractivity contribution in [3.8, 4) is 0 Å². The van der Waals surface area contributed by atoms with E-state index < -0.39 is 16.0 Å². The molecule has 7 heteroatoms. The molecule has 0 spiro atoms. The molecule has 19 heavy (non-hydrogen) atoms. The summed E-state index contributed by atoms with van der Waals surface area (Å²) in [6, 6.07) is 0.109. The number of sulfonamides is 1. The van der Waals surface area contributed by atoms with Crippen LogP contribution in [-0.2, 0) is 14.8 Å². The van der Waals surface area contributed by atoms with Crippen LogP contribution >= 0.6 is 0 Å². The molecule has 3 unspecified atom stereocenters. The molecule has 2 rings (SSSR count). The van der Waals surface area contributed by atoms with Crippen molar-refractivity contribution in [3.05, 3.63) is 0 Å². The molecule has 3 N–H and O–H groups in total. The summed E-state index contributed by atoms with van der Waals surface area (Å²) in [4.78, 5) is 10.4. The lowest BCUT2D eigenvalue weighted by Gasteiger charge is -2.29. The molecule has 1 aliphatic carbocycles. The molecule has 0 aromatic rings. The second-order valence-electron chi connectivity index (χ2n) is 5.65. The predicted octanol–water partition coefficient (Wildman–Crippen LogP) is 0.240. The Morgan fingerprint density at radius 3 is 2.68 bits per heavy atom. The lowest BCUT2D eigenvalue weighted by Crippen LogP contribution is -2.38. The second kappa shape index (κ2) is 5.76. The third-order valence-electron chi connectivity index (χ3n) is 4.31. The molecule has 1 saturated heterocycles. The van der Waals surface area contributed by atoms with Crippen LogP contribution in [0.2, 0.25) is 0 Å². The first-order valence-corrected chi connectivity index (χ1v) is 8.46. The Bertz CT molecular complexity index is 437. The number of aliphatic carboxylic acids is 1. The van der Waals surface area contributed by atoms with Gasteiger partial charge in [0.1, 0.15) is 0 Å². The highest BCUT2D eigenvalue weighted by Crippen LogP contribution is 2.36. The quantitative estimate of drug-likeness (QED) is 0.755. The second-order valence-corrected chi connectivity index (χ2v) is 7.74. The number of fused-ring (bicyclic) bond motifs is 1. The molecule has 1 saturated carbocycles.